The summed E-state index contributed by atoms with van der Waals surface area (Å²) in [5.41, 5.74) is 6.49. The third-order valence-corrected chi connectivity index (χ3v) is 3.01. The molecule has 19 heavy (non-hydrogen) atoms. The number of hydrogen-bond donors (Lipinski definition) is 2. The van der Waals surface area contributed by atoms with Crippen LogP contribution in [0.1, 0.15) is 13.3 Å². The van der Waals surface area contributed by atoms with Crippen LogP contribution in [0.15, 0.2) is 24.3 Å². The van der Waals surface area contributed by atoms with Crippen molar-refractivity contribution < 1.29 is 14.4 Å². The topological polar surface area (TPSA) is 92.5 Å². The third kappa shape index (κ3) is 2.90. The summed E-state index contributed by atoms with van der Waals surface area (Å²) in [5, 5.41) is 2.65. The summed E-state index contributed by atoms with van der Waals surface area (Å²) in [6, 6.07) is 6.93. The first-order valence-electron chi connectivity index (χ1n) is 5.94. The summed E-state index contributed by atoms with van der Waals surface area (Å²) < 4.78 is 0. The van der Waals surface area contributed by atoms with E-state index in [1.165, 1.54) is 11.8 Å². The lowest BCUT2D eigenvalue weighted by Crippen LogP contribution is -2.28. The quantitative estimate of drug-likeness (QED) is 0.829. The number of hydrogen-bond acceptors (Lipinski definition) is 3. The van der Waals surface area contributed by atoms with E-state index < -0.39 is 11.8 Å². The van der Waals surface area contributed by atoms with Crippen LogP contribution >= 0.6 is 0 Å². The molecule has 0 unspecified atom stereocenters. The fourth-order valence-electron chi connectivity index (χ4n) is 2.10. The van der Waals surface area contributed by atoms with Gasteiger partial charge in [0.1, 0.15) is 0 Å². The van der Waals surface area contributed by atoms with E-state index in [9.17, 15) is 14.4 Å². The first-order valence-corrected chi connectivity index (χ1v) is 5.94. The SMILES string of the molecule is CC(=O)Nc1cccc(N2C[C@H](C(N)=O)CC2=O)c1. The van der Waals surface area contributed by atoms with E-state index in [1.807, 2.05) is 0 Å². The molecule has 1 aromatic carbocycles. The number of nitrogens with two attached hydrogens (primary N) is 1. The van der Waals surface area contributed by atoms with Crippen molar-refractivity contribution in [2.45, 2.75) is 13.3 Å². The largest absolute Gasteiger partial charge is 0.369 e. The molecule has 1 aliphatic heterocycles. The van der Waals surface area contributed by atoms with Crippen molar-refractivity contribution in [3.05, 3.63) is 24.3 Å². The molecule has 1 fully saturated rings. The highest BCUT2D eigenvalue weighted by Crippen LogP contribution is 2.26. The number of amides is 3. The summed E-state index contributed by atoms with van der Waals surface area (Å²) >= 11 is 0. The lowest BCUT2D eigenvalue weighted by molar-refractivity contribution is -0.123. The minimum Gasteiger partial charge on any atom is -0.369 e. The normalized spacial score (nSPS) is 18.5. The van der Waals surface area contributed by atoms with Crippen LogP contribution in [0.4, 0.5) is 11.4 Å². The lowest BCUT2D eigenvalue weighted by atomic mass is 10.1. The molecule has 100 valence electrons. The zero-order valence-electron chi connectivity index (χ0n) is 10.6. The molecule has 1 aromatic rings. The predicted molar refractivity (Wildman–Crippen MR) is 70.4 cm³/mol. The van der Waals surface area contributed by atoms with Gasteiger partial charge in [-0.1, -0.05) is 6.07 Å². The van der Waals surface area contributed by atoms with E-state index >= 15 is 0 Å². The van der Waals surface area contributed by atoms with Crippen LogP contribution in [0.5, 0.6) is 0 Å². The summed E-state index contributed by atoms with van der Waals surface area (Å²) in [6.45, 7) is 1.70. The van der Waals surface area contributed by atoms with Crippen LogP contribution in [-0.2, 0) is 14.4 Å². The van der Waals surface area contributed by atoms with Gasteiger partial charge in [0.2, 0.25) is 17.7 Å². The van der Waals surface area contributed by atoms with Gasteiger partial charge in [0.25, 0.3) is 0 Å². The van der Waals surface area contributed by atoms with Crippen LogP contribution in [-0.4, -0.2) is 24.3 Å². The minimum atomic E-state index is -0.464. The number of nitrogens with zero attached hydrogens (tertiary/aromatic N) is 1. The van der Waals surface area contributed by atoms with Crippen molar-refractivity contribution in [1.82, 2.24) is 0 Å². The number of nitrogens with one attached hydrogen (secondary N) is 1. The van der Waals surface area contributed by atoms with Gasteiger partial charge >= 0.3 is 0 Å². The highest BCUT2D eigenvalue weighted by Gasteiger charge is 2.33. The van der Waals surface area contributed by atoms with E-state index in [0.717, 1.165) is 0 Å². The Balaban J connectivity index is 2.20. The summed E-state index contributed by atoms with van der Waals surface area (Å²) in [6.07, 6.45) is 0.139. The molecule has 6 nitrogen and oxygen atoms in total. The van der Waals surface area contributed by atoms with Gasteiger partial charge < -0.3 is 16.0 Å². The Morgan fingerprint density at radius 2 is 2.16 bits per heavy atom. The minimum absolute atomic E-state index is 0.135. The number of carbonyl (C=O) groups excluding carboxylic acids is 3. The van der Waals surface area contributed by atoms with Crippen LogP contribution in [0.3, 0.4) is 0 Å². The molecule has 3 N–H and O–H groups in total. The Kier molecular flexibility index (Phi) is 3.50. The van der Waals surface area contributed by atoms with Crippen molar-refractivity contribution >= 4 is 29.1 Å². The molecule has 2 rings (SSSR count). The maximum atomic E-state index is 11.9. The molecule has 1 saturated heterocycles. The van der Waals surface area contributed by atoms with E-state index in [2.05, 4.69) is 5.32 Å². The van der Waals surface area contributed by atoms with Crippen molar-refractivity contribution in [2.75, 3.05) is 16.8 Å². The predicted octanol–water partition coefficient (Wildman–Crippen LogP) is 0.483. The highest BCUT2D eigenvalue weighted by molar-refractivity contribution is 6.00. The van der Waals surface area contributed by atoms with Gasteiger partial charge in [0.15, 0.2) is 0 Å². The molecule has 0 bridgehead atoms. The van der Waals surface area contributed by atoms with E-state index in [1.54, 1.807) is 24.3 Å². The van der Waals surface area contributed by atoms with Crippen molar-refractivity contribution in [3.8, 4) is 0 Å². The number of rotatable bonds is 3. The number of carbonyl (C=O) groups is 3. The van der Waals surface area contributed by atoms with E-state index in [4.69, 9.17) is 5.73 Å². The number of primary amides is 1. The Morgan fingerprint density at radius 3 is 2.74 bits per heavy atom. The summed E-state index contributed by atoms with van der Waals surface area (Å²) in [4.78, 5) is 35.5. The van der Waals surface area contributed by atoms with Crippen LogP contribution in [0.25, 0.3) is 0 Å². The maximum Gasteiger partial charge on any atom is 0.227 e. The fourth-order valence-corrected chi connectivity index (χ4v) is 2.10. The molecule has 0 spiro atoms. The van der Waals surface area contributed by atoms with Crippen LogP contribution in [0, 0.1) is 5.92 Å². The molecule has 6 heteroatoms. The smallest absolute Gasteiger partial charge is 0.227 e. The molecule has 1 atom stereocenters. The third-order valence-electron chi connectivity index (χ3n) is 3.01. The zero-order chi connectivity index (χ0) is 14.0. The summed E-state index contributed by atoms with van der Waals surface area (Å²) in [7, 11) is 0. The Morgan fingerprint density at radius 1 is 1.42 bits per heavy atom. The highest BCUT2D eigenvalue weighted by atomic mass is 16.2. The van der Waals surface area contributed by atoms with Gasteiger partial charge in [-0.25, -0.2) is 0 Å². The van der Waals surface area contributed by atoms with E-state index in [0.29, 0.717) is 11.4 Å². The van der Waals surface area contributed by atoms with Gasteiger partial charge in [0, 0.05) is 31.3 Å². The van der Waals surface area contributed by atoms with Crippen molar-refractivity contribution in [3.63, 3.8) is 0 Å². The number of anilines is 2. The van der Waals surface area contributed by atoms with Gasteiger partial charge in [-0.3, -0.25) is 14.4 Å². The molecule has 0 radical (unpaired) electrons. The molecule has 1 heterocycles. The second-order valence-electron chi connectivity index (χ2n) is 4.54. The second-order valence-corrected chi connectivity index (χ2v) is 4.54. The zero-order valence-corrected chi connectivity index (χ0v) is 10.6. The molecule has 0 aromatic heterocycles. The standard InChI is InChI=1S/C13H15N3O3/c1-8(17)15-10-3-2-4-11(6-10)16-7-9(13(14)19)5-12(16)18/h2-4,6,9H,5,7H2,1H3,(H2,14,19)(H,15,17)/t9-/m1/s1. The lowest BCUT2D eigenvalue weighted by Gasteiger charge is -2.17. The van der Waals surface area contributed by atoms with Crippen molar-refractivity contribution in [2.24, 2.45) is 11.7 Å². The molecular weight excluding hydrogens is 246 g/mol. The molecule has 0 aliphatic carbocycles. The van der Waals surface area contributed by atoms with Gasteiger partial charge in [0.05, 0.1) is 5.92 Å². The molecule has 1 aliphatic rings. The Labute approximate surface area is 110 Å². The second kappa shape index (κ2) is 5.09. The van der Waals surface area contributed by atoms with Crippen LogP contribution < -0.4 is 16.0 Å². The average Bonchev–Trinajstić information content (AvgIpc) is 2.71. The van der Waals surface area contributed by atoms with Gasteiger partial charge in [-0.15, -0.1) is 0 Å². The Bertz CT molecular complexity index is 542. The first-order chi connectivity index (χ1) is 8.97. The van der Waals surface area contributed by atoms with Crippen LogP contribution in [0.2, 0.25) is 0 Å². The molecule has 3 amide bonds. The van der Waals surface area contributed by atoms with Gasteiger partial charge in [-0.2, -0.15) is 0 Å². The van der Waals surface area contributed by atoms with E-state index in [-0.39, 0.29) is 24.8 Å². The maximum absolute atomic E-state index is 11.9. The molecular formula is C13H15N3O3. The molecule has 0 saturated carbocycles. The first kappa shape index (κ1) is 13.1. The average molecular weight is 261 g/mol. The summed E-state index contributed by atoms with van der Waals surface area (Å²) in [5.74, 6) is -1.23. The fraction of sp³-hybridized carbons (Fsp3) is 0.308. The monoisotopic (exact) mass is 261 g/mol. The Hall–Kier alpha value is -2.37. The van der Waals surface area contributed by atoms with Crippen molar-refractivity contribution in [1.29, 1.82) is 0 Å². The van der Waals surface area contributed by atoms with Gasteiger partial charge in [-0.05, 0) is 18.2 Å². The number of benzene rings is 1.